The Morgan fingerprint density at radius 2 is 1.50 bits per heavy atom. The van der Waals surface area contributed by atoms with Gasteiger partial charge in [-0.1, -0.05) is 30.3 Å². The quantitative estimate of drug-likeness (QED) is 0.492. The lowest BCUT2D eigenvalue weighted by Gasteiger charge is -2.24. The van der Waals surface area contributed by atoms with E-state index in [1.54, 1.807) is 43.4 Å². The highest BCUT2D eigenvalue weighted by molar-refractivity contribution is 7.80. The second-order valence-corrected chi connectivity index (χ2v) is 8.13. The van der Waals surface area contributed by atoms with Gasteiger partial charge in [-0.3, -0.25) is 14.5 Å². The van der Waals surface area contributed by atoms with Gasteiger partial charge in [0.05, 0.1) is 26.3 Å². The maximum absolute atomic E-state index is 13.5. The van der Waals surface area contributed by atoms with Crippen LogP contribution in [0.5, 0.6) is 11.5 Å². The molecule has 1 atom stereocenters. The summed E-state index contributed by atoms with van der Waals surface area (Å²) < 4.78 is 10.4. The Hall–Kier alpha value is -3.91. The number of hydrogen-bond acceptors (Lipinski definition) is 5. The average molecular weight is 476 g/mol. The highest BCUT2D eigenvalue weighted by atomic mass is 32.1. The maximum Gasteiger partial charge on any atom is 0.256 e. The molecule has 0 bridgehead atoms. The number of para-hydroxylation sites is 1. The number of amides is 2. The van der Waals surface area contributed by atoms with Crippen molar-refractivity contribution in [2.24, 2.45) is 0 Å². The summed E-state index contributed by atoms with van der Waals surface area (Å²) in [6, 6.07) is 23.1. The van der Waals surface area contributed by atoms with E-state index in [-0.39, 0.29) is 18.2 Å². The predicted molar refractivity (Wildman–Crippen MR) is 135 cm³/mol. The molecule has 3 aromatic rings. The highest BCUT2D eigenvalue weighted by Gasteiger charge is 2.44. The summed E-state index contributed by atoms with van der Waals surface area (Å²) in [5.41, 5.74) is 2.25. The molecule has 1 N–H and O–H groups in total. The molecule has 0 aliphatic carbocycles. The fourth-order valence-electron chi connectivity index (χ4n) is 3.82. The number of rotatable bonds is 8. The second-order valence-electron chi connectivity index (χ2n) is 7.76. The van der Waals surface area contributed by atoms with E-state index in [1.807, 2.05) is 54.6 Å². The van der Waals surface area contributed by atoms with Crippen LogP contribution in [0.3, 0.4) is 0 Å². The molecule has 1 heterocycles. The molecule has 2 amide bonds. The van der Waals surface area contributed by atoms with Crippen LogP contribution in [-0.4, -0.2) is 42.1 Å². The van der Waals surface area contributed by atoms with Gasteiger partial charge in [0.2, 0.25) is 5.91 Å². The summed E-state index contributed by atoms with van der Waals surface area (Å²) in [4.78, 5) is 29.7. The third-order valence-corrected chi connectivity index (χ3v) is 6.01. The standard InChI is InChI=1S/C26H25N3O4S/c1-32-21-12-8-18(9-13-21)17-28-23(16-24(30)27-19-10-14-22(33-2)15-11-19)25(31)29(26(28)34)20-6-4-3-5-7-20/h3-15,23H,16-17H2,1-2H3,(H,27,30)/t23-/m0/s1. The van der Waals surface area contributed by atoms with Crippen molar-refractivity contribution in [2.75, 3.05) is 24.4 Å². The molecule has 1 aliphatic heterocycles. The molecule has 0 saturated carbocycles. The zero-order valence-electron chi connectivity index (χ0n) is 18.9. The number of benzene rings is 3. The average Bonchev–Trinajstić information content (AvgIpc) is 3.09. The number of anilines is 2. The molecule has 7 nitrogen and oxygen atoms in total. The van der Waals surface area contributed by atoms with Crippen LogP contribution in [0.1, 0.15) is 12.0 Å². The summed E-state index contributed by atoms with van der Waals surface area (Å²) in [6.45, 7) is 0.387. The van der Waals surface area contributed by atoms with E-state index in [0.717, 1.165) is 11.3 Å². The van der Waals surface area contributed by atoms with Crippen LogP contribution in [0.15, 0.2) is 78.9 Å². The molecule has 0 spiro atoms. The lowest BCUT2D eigenvalue weighted by molar-refractivity contribution is -0.124. The largest absolute Gasteiger partial charge is 0.497 e. The van der Waals surface area contributed by atoms with E-state index < -0.39 is 6.04 Å². The molecule has 1 fully saturated rings. The summed E-state index contributed by atoms with van der Waals surface area (Å²) in [6.07, 6.45) is -0.0372. The van der Waals surface area contributed by atoms with Gasteiger partial charge in [-0.2, -0.15) is 0 Å². The SMILES string of the molecule is COc1ccc(CN2C(=S)N(c3ccccc3)C(=O)[C@@H]2CC(=O)Nc2ccc(OC)cc2)cc1. The Morgan fingerprint density at radius 3 is 2.09 bits per heavy atom. The zero-order chi connectivity index (χ0) is 24.1. The first kappa shape index (κ1) is 23.3. The van der Waals surface area contributed by atoms with E-state index in [0.29, 0.717) is 28.8 Å². The number of nitrogens with zero attached hydrogens (tertiary/aromatic N) is 2. The van der Waals surface area contributed by atoms with Gasteiger partial charge in [-0.15, -0.1) is 0 Å². The number of thiocarbonyl (C=S) groups is 1. The molecule has 4 rings (SSSR count). The summed E-state index contributed by atoms with van der Waals surface area (Å²) in [5.74, 6) is 0.930. The van der Waals surface area contributed by atoms with Gasteiger partial charge in [0.25, 0.3) is 5.91 Å². The van der Waals surface area contributed by atoms with Crippen LogP contribution in [0, 0.1) is 0 Å². The number of nitrogens with one attached hydrogen (secondary N) is 1. The summed E-state index contributed by atoms with van der Waals surface area (Å²) in [5, 5.41) is 3.23. The van der Waals surface area contributed by atoms with Crippen LogP contribution in [-0.2, 0) is 16.1 Å². The molecule has 3 aromatic carbocycles. The minimum atomic E-state index is -0.729. The van der Waals surface area contributed by atoms with Crippen molar-refractivity contribution in [1.29, 1.82) is 0 Å². The fraction of sp³-hybridized carbons (Fsp3) is 0.192. The molecular weight excluding hydrogens is 450 g/mol. The van der Waals surface area contributed by atoms with E-state index in [2.05, 4.69) is 5.32 Å². The Morgan fingerprint density at radius 1 is 0.912 bits per heavy atom. The van der Waals surface area contributed by atoms with Gasteiger partial charge in [0.15, 0.2) is 5.11 Å². The van der Waals surface area contributed by atoms with Crippen molar-refractivity contribution < 1.29 is 19.1 Å². The first-order chi connectivity index (χ1) is 16.5. The number of hydrogen-bond donors (Lipinski definition) is 1. The van der Waals surface area contributed by atoms with Crippen molar-refractivity contribution in [3.05, 3.63) is 84.4 Å². The molecule has 0 unspecified atom stereocenters. The number of ether oxygens (including phenoxy) is 2. The lowest BCUT2D eigenvalue weighted by Crippen LogP contribution is -2.37. The third-order valence-electron chi connectivity index (χ3n) is 5.60. The van der Waals surface area contributed by atoms with Gasteiger partial charge in [0.1, 0.15) is 17.5 Å². The smallest absolute Gasteiger partial charge is 0.256 e. The molecular formula is C26H25N3O4S. The highest BCUT2D eigenvalue weighted by Crippen LogP contribution is 2.29. The molecule has 0 aromatic heterocycles. The van der Waals surface area contributed by atoms with E-state index in [9.17, 15) is 9.59 Å². The molecule has 34 heavy (non-hydrogen) atoms. The van der Waals surface area contributed by atoms with E-state index in [4.69, 9.17) is 21.7 Å². The van der Waals surface area contributed by atoms with Crippen molar-refractivity contribution >= 4 is 40.5 Å². The molecule has 1 saturated heterocycles. The second kappa shape index (κ2) is 10.4. The molecule has 1 aliphatic rings. The number of carbonyl (C=O) groups excluding carboxylic acids is 2. The van der Waals surface area contributed by atoms with Crippen LogP contribution >= 0.6 is 12.2 Å². The minimum Gasteiger partial charge on any atom is -0.497 e. The van der Waals surface area contributed by atoms with Gasteiger partial charge in [0, 0.05) is 12.2 Å². The number of methoxy groups -OCH3 is 2. The Bertz CT molecular complexity index is 1170. The summed E-state index contributed by atoms with van der Waals surface area (Å²) in [7, 11) is 3.19. The van der Waals surface area contributed by atoms with E-state index >= 15 is 0 Å². The normalized spacial score (nSPS) is 15.4. The Labute approximate surface area is 203 Å². The van der Waals surface area contributed by atoms with Gasteiger partial charge < -0.3 is 19.7 Å². The fourth-order valence-corrected chi connectivity index (χ4v) is 4.21. The minimum absolute atomic E-state index is 0.0372. The Balaban J connectivity index is 1.56. The maximum atomic E-state index is 13.5. The van der Waals surface area contributed by atoms with Gasteiger partial charge in [-0.25, -0.2) is 0 Å². The van der Waals surface area contributed by atoms with Crippen LogP contribution in [0.2, 0.25) is 0 Å². The lowest BCUT2D eigenvalue weighted by atomic mass is 10.1. The van der Waals surface area contributed by atoms with Crippen molar-refractivity contribution in [3.63, 3.8) is 0 Å². The molecule has 174 valence electrons. The van der Waals surface area contributed by atoms with Crippen molar-refractivity contribution in [3.8, 4) is 11.5 Å². The van der Waals surface area contributed by atoms with Gasteiger partial charge >= 0.3 is 0 Å². The zero-order valence-corrected chi connectivity index (χ0v) is 19.7. The monoisotopic (exact) mass is 475 g/mol. The molecule has 0 radical (unpaired) electrons. The van der Waals surface area contributed by atoms with Gasteiger partial charge in [-0.05, 0) is 66.3 Å². The van der Waals surface area contributed by atoms with Crippen molar-refractivity contribution in [2.45, 2.75) is 19.0 Å². The van der Waals surface area contributed by atoms with Crippen LogP contribution < -0.4 is 19.7 Å². The number of carbonyl (C=O) groups is 2. The first-order valence-corrected chi connectivity index (χ1v) is 11.2. The topological polar surface area (TPSA) is 71.1 Å². The van der Waals surface area contributed by atoms with Crippen LogP contribution in [0.25, 0.3) is 0 Å². The predicted octanol–water partition coefficient (Wildman–Crippen LogP) is 4.23. The van der Waals surface area contributed by atoms with Crippen LogP contribution in [0.4, 0.5) is 11.4 Å². The van der Waals surface area contributed by atoms with Crippen molar-refractivity contribution in [1.82, 2.24) is 4.90 Å². The molecule has 8 heteroatoms. The summed E-state index contributed by atoms with van der Waals surface area (Å²) >= 11 is 5.72. The van der Waals surface area contributed by atoms with E-state index in [1.165, 1.54) is 4.90 Å². The third kappa shape index (κ3) is 5.02. The first-order valence-electron chi connectivity index (χ1n) is 10.8. The Kier molecular flexibility index (Phi) is 7.08.